The summed E-state index contributed by atoms with van der Waals surface area (Å²) < 4.78 is 1.42. The van der Waals surface area contributed by atoms with E-state index in [1.165, 1.54) is 10.7 Å². The Morgan fingerprint density at radius 2 is 2.33 bits per heavy atom. The molecule has 0 saturated carbocycles. The average molecular weight is 167 g/mol. The third-order valence-electron chi connectivity index (χ3n) is 1.43. The molecule has 0 aromatic carbocycles. The molecule has 1 heterocycles. The van der Waals surface area contributed by atoms with Gasteiger partial charge in [0.1, 0.15) is 5.49 Å². The molecular formula is C7H9N3O2. The molecule has 0 aliphatic carbocycles. The molecule has 0 aliphatic heterocycles. The molecule has 5 nitrogen and oxygen atoms in total. The molecule has 0 amide bonds. The Labute approximate surface area is 69.0 Å². The molecule has 0 unspecified atom stereocenters. The Morgan fingerprint density at radius 1 is 1.67 bits per heavy atom. The minimum atomic E-state index is -1.03. The number of aryl methyl sites for hydroxylation is 1. The summed E-state index contributed by atoms with van der Waals surface area (Å²) in [4.78, 5) is 14.3. The van der Waals surface area contributed by atoms with Crippen molar-refractivity contribution >= 4 is 5.97 Å². The van der Waals surface area contributed by atoms with Gasteiger partial charge in [-0.2, -0.15) is 5.10 Å². The second kappa shape index (κ2) is 3.17. The van der Waals surface area contributed by atoms with Crippen LogP contribution < -0.4 is 5.49 Å². The lowest BCUT2D eigenvalue weighted by atomic mass is 10.4. The Kier molecular flexibility index (Phi) is 2.23. The van der Waals surface area contributed by atoms with Crippen LogP contribution in [0.1, 0.15) is 10.5 Å². The fourth-order valence-electron chi connectivity index (χ4n) is 0.841. The van der Waals surface area contributed by atoms with Crippen molar-refractivity contribution in [2.45, 2.75) is 0 Å². The smallest absolute Gasteiger partial charge is 0.356 e. The second-order valence-corrected chi connectivity index (χ2v) is 2.23. The predicted molar refractivity (Wildman–Crippen MR) is 41.7 cm³/mol. The molecular weight excluding hydrogens is 158 g/mol. The fraction of sp³-hybridized carbons (Fsp3) is 0.286. The molecule has 12 heavy (non-hydrogen) atoms. The minimum Gasteiger partial charge on any atom is -0.476 e. The maximum absolute atomic E-state index is 10.4. The highest BCUT2D eigenvalue weighted by molar-refractivity contribution is 5.84. The number of hydrogen-bond acceptors (Lipinski definition) is 3. The Hall–Kier alpha value is -1.65. The molecule has 0 bridgehead atoms. The van der Waals surface area contributed by atoms with Gasteiger partial charge < -0.3 is 5.11 Å². The van der Waals surface area contributed by atoms with Crippen LogP contribution in [0.25, 0.3) is 0 Å². The van der Waals surface area contributed by atoms with Crippen LogP contribution in [0.15, 0.2) is 17.1 Å². The first-order valence-corrected chi connectivity index (χ1v) is 3.35. The summed E-state index contributed by atoms with van der Waals surface area (Å²) in [5.41, 5.74) is 0.657. The topological polar surface area (TPSA) is 67.5 Å². The van der Waals surface area contributed by atoms with Crippen LogP contribution in [-0.4, -0.2) is 27.9 Å². The quantitative estimate of drug-likeness (QED) is 0.621. The lowest BCUT2D eigenvalue weighted by Gasteiger charge is -1.98. The fourth-order valence-corrected chi connectivity index (χ4v) is 0.841. The molecule has 0 fully saturated rings. The van der Waals surface area contributed by atoms with Crippen molar-refractivity contribution in [3.8, 4) is 0 Å². The predicted octanol–water partition coefficient (Wildman–Crippen LogP) is -0.351. The van der Waals surface area contributed by atoms with E-state index in [9.17, 15) is 4.79 Å². The third-order valence-corrected chi connectivity index (χ3v) is 1.43. The summed E-state index contributed by atoms with van der Waals surface area (Å²) in [6.45, 7) is 0. The zero-order valence-corrected chi connectivity index (χ0v) is 6.85. The number of hydrogen-bond donors (Lipinski definition) is 1. The van der Waals surface area contributed by atoms with E-state index in [4.69, 9.17) is 5.11 Å². The van der Waals surface area contributed by atoms with Gasteiger partial charge in [0, 0.05) is 14.1 Å². The lowest BCUT2D eigenvalue weighted by molar-refractivity contribution is 0.0687. The van der Waals surface area contributed by atoms with Crippen LogP contribution in [0.5, 0.6) is 0 Å². The van der Waals surface area contributed by atoms with Gasteiger partial charge in [0.05, 0.1) is 0 Å². The Balaban J connectivity index is 3.29. The minimum absolute atomic E-state index is 0.0184. The van der Waals surface area contributed by atoms with E-state index in [0.717, 1.165) is 0 Å². The van der Waals surface area contributed by atoms with Gasteiger partial charge in [-0.1, -0.05) is 0 Å². The van der Waals surface area contributed by atoms with Crippen molar-refractivity contribution in [2.75, 3.05) is 7.05 Å². The first-order valence-electron chi connectivity index (χ1n) is 3.35. The first kappa shape index (κ1) is 8.45. The maximum Gasteiger partial charge on any atom is 0.356 e. The largest absolute Gasteiger partial charge is 0.476 e. The van der Waals surface area contributed by atoms with E-state index in [-0.39, 0.29) is 5.69 Å². The normalized spacial score (nSPS) is 11.7. The van der Waals surface area contributed by atoms with Crippen molar-refractivity contribution in [1.29, 1.82) is 0 Å². The lowest BCUT2D eigenvalue weighted by Crippen LogP contribution is -2.22. The van der Waals surface area contributed by atoms with Crippen LogP contribution in [-0.2, 0) is 7.05 Å². The molecule has 1 aromatic heterocycles. The third kappa shape index (κ3) is 1.50. The number of carboxylic acid groups (broad SMARTS) is 1. The molecule has 0 radical (unpaired) electrons. The number of carbonyl (C=O) groups is 1. The zero-order chi connectivity index (χ0) is 9.14. The van der Waals surface area contributed by atoms with Crippen molar-refractivity contribution in [2.24, 2.45) is 12.0 Å². The number of aromatic nitrogens is 2. The molecule has 0 aliphatic rings. The Bertz CT molecular complexity index is 367. The molecule has 1 aromatic rings. The highest BCUT2D eigenvalue weighted by atomic mass is 16.4. The van der Waals surface area contributed by atoms with Gasteiger partial charge in [-0.3, -0.25) is 9.67 Å². The van der Waals surface area contributed by atoms with Gasteiger partial charge in [0.2, 0.25) is 0 Å². The SMILES string of the molecule is CN=c1ccc(C(=O)O)nn1C. The average Bonchev–Trinajstić information content (AvgIpc) is 2.04. The van der Waals surface area contributed by atoms with Crippen LogP contribution in [0.3, 0.4) is 0 Å². The van der Waals surface area contributed by atoms with Crippen molar-refractivity contribution in [3.63, 3.8) is 0 Å². The highest BCUT2D eigenvalue weighted by Gasteiger charge is 2.03. The number of carboxylic acids is 1. The number of aromatic carboxylic acids is 1. The molecule has 1 rings (SSSR count). The summed E-state index contributed by atoms with van der Waals surface area (Å²) in [6, 6.07) is 3.03. The molecule has 64 valence electrons. The van der Waals surface area contributed by atoms with E-state index in [1.54, 1.807) is 20.2 Å². The maximum atomic E-state index is 10.4. The van der Waals surface area contributed by atoms with Crippen molar-refractivity contribution in [1.82, 2.24) is 9.78 Å². The second-order valence-electron chi connectivity index (χ2n) is 2.23. The van der Waals surface area contributed by atoms with Gasteiger partial charge in [-0.05, 0) is 12.1 Å². The molecule has 5 heteroatoms. The molecule has 0 spiro atoms. The van der Waals surface area contributed by atoms with E-state index in [1.807, 2.05) is 0 Å². The van der Waals surface area contributed by atoms with E-state index in [0.29, 0.717) is 5.49 Å². The Morgan fingerprint density at radius 3 is 2.75 bits per heavy atom. The van der Waals surface area contributed by atoms with Gasteiger partial charge >= 0.3 is 5.97 Å². The van der Waals surface area contributed by atoms with Gasteiger partial charge in [-0.25, -0.2) is 4.79 Å². The molecule has 0 atom stereocenters. The summed E-state index contributed by atoms with van der Waals surface area (Å²) in [5, 5.41) is 12.3. The van der Waals surface area contributed by atoms with Crippen molar-refractivity contribution < 1.29 is 9.90 Å². The highest BCUT2D eigenvalue weighted by Crippen LogP contribution is 1.87. The summed E-state index contributed by atoms with van der Waals surface area (Å²) >= 11 is 0. The van der Waals surface area contributed by atoms with Crippen LogP contribution in [0.4, 0.5) is 0 Å². The standard InChI is InChI=1S/C7H9N3O2/c1-8-6-4-3-5(7(11)12)9-10(6)2/h3-4H,1-2H3,(H,11,12). The van der Waals surface area contributed by atoms with E-state index < -0.39 is 5.97 Å². The molecule has 0 saturated heterocycles. The van der Waals surface area contributed by atoms with Gasteiger partial charge in [0.25, 0.3) is 0 Å². The zero-order valence-electron chi connectivity index (χ0n) is 6.85. The number of rotatable bonds is 1. The number of nitrogens with zero attached hydrogens (tertiary/aromatic N) is 3. The summed E-state index contributed by atoms with van der Waals surface area (Å²) in [5.74, 6) is -1.03. The van der Waals surface area contributed by atoms with Gasteiger partial charge in [-0.15, -0.1) is 0 Å². The van der Waals surface area contributed by atoms with Crippen LogP contribution >= 0.6 is 0 Å². The first-order chi connectivity index (χ1) is 5.65. The van der Waals surface area contributed by atoms with Gasteiger partial charge in [0.15, 0.2) is 5.69 Å². The van der Waals surface area contributed by atoms with Crippen molar-refractivity contribution in [3.05, 3.63) is 23.3 Å². The van der Waals surface area contributed by atoms with E-state index in [2.05, 4.69) is 10.1 Å². The summed E-state index contributed by atoms with van der Waals surface area (Å²) in [7, 11) is 3.27. The molecule has 1 N–H and O–H groups in total. The van der Waals surface area contributed by atoms with Crippen LogP contribution in [0.2, 0.25) is 0 Å². The van der Waals surface area contributed by atoms with Crippen LogP contribution in [0, 0.1) is 0 Å². The summed E-state index contributed by atoms with van der Waals surface area (Å²) in [6.07, 6.45) is 0. The monoisotopic (exact) mass is 167 g/mol. The van der Waals surface area contributed by atoms with E-state index >= 15 is 0 Å².